The standard InChI is InChI=1S/C23H34N2O6/c1-15(2)20(21(28)30-6)25-19(27)13-12-18(26)17(14-16-10-8-7-9-11-16)24-22(29)31-23(3,4)5/h7-11,15,17,20H,12-14H2,1-6H3,(H,24,29)(H,25,27)/t17-,20?/m0/s1. The first-order valence-corrected chi connectivity index (χ1v) is 10.4. The summed E-state index contributed by atoms with van der Waals surface area (Å²) in [4.78, 5) is 49.1. The molecule has 0 fully saturated rings. The lowest BCUT2D eigenvalue weighted by Gasteiger charge is -2.23. The van der Waals surface area contributed by atoms with Crippen molar-refractivity contribution in [2.75, 3.05) is 7.11 Å². The number of benzene rings is 1. The second-order valence-electron chi connectivity index (χ2n) is 8.67. The SMILES string of the molecule is COC(=O)C(NC(=O)CCC(=O)[C@H](Cc1ccccc1)NC(=O)OC(C)(C)C)C(C)C. The first-order valence-electron chi connectivity index (χ1n) is 10.4. The van der Waals surface area contributed by atoms with Gasteiger partial charge in [0.2, 0.25) is 5.91 Å². The third kappa shape index (κ3) is 10.1. The van der Waals surface area contributed by atoms with Crippen molar-refractivity contribution in [3.8, 4) is 0 Å². The number of hydrogen-bond donors (Lipinski definition) is 2. The van der Waals surface area contributed by atoms with Crippen LogP contribution in [0.5, 0.6) is 0 Å². The minimum absolute atomic E-state index is 0.0921. The maximum Gasteiger partial charge on any atom is 0.408 e. The number of esters is 1. The van der Waals surface area contributed by atoms with Crippen LogP contribution in [0.4, 0.5) is 4.79 Å². The molecule has 172 valence electrons. The van der Waals surface area contributed by atoms with E-state index < -0.39 is 35.7 Å². The smallest absolute Gasteiger partial charge is 0.408 e. The summed E-state index contributed by atoms with van der Waals surface area (Å²) in [6.07, 6.45) is -0.625. The molecular weight excluding hydrogens is 400 g/mol. The summed E-state index contributed by atoms with van der Waals surface area (Å²) in [5.74, 6) is -1.44. The van der Waals surface area contributed by atoms with Crippen LogP contribution in [-0.4, -0.2) is 48.5 Å². The van der Waals surface area contributed by atoms with Crippen LogP contribution in [0.25, 0.3) is 0 Å². The van der Waals surface area contributed by atoms with Gasteiger partial charge in [-0.1, -0.05) is 44.2 Å². The Morgan fingerprint density at radius 1 is 0.968 bits per heavy atom. The Morgan fingerprint density at radius 3 is 2.10 bits per heavy atom. The summed E-state index contributed by atoms with van der Waals surface area (Å²) >= 11 is 0. The minimum Gasteiger partial charge on any atom is -0.467 e. The van der Waals surface area contributed by atoms with Gasteiger partial charge in [0.1, 0.15) is 11.6 Å². The number of ether oxygens (including phenoxy) is 2. The van der Waals surface area contributed by atoms with Crippen LogP contribution in [0, 0.1) is 5.92 Å². The average molecular weight is 435 g/mol. The van der Waals surface area contributed by atoms with Crippen molar-refractivity contribution in [3.63, 3.8) is 0 Å². The fraction of sp³-hybridized carbons (Fsp3) is 0.565. The molecule has 1 unspecified atom stereocenters. The molecule has 31 heavy (non-hydrogen) atoms. The summed E-state index contributed by atoms with van der Waals surface area (Å²) < 4.78 is 9.97. The molecule has 0 radical (unpaired) electrons. The van der Waals surface area contributed by atoms with Crippen molar-refractivity contribution in [3.05, 3.63) is 35.9 Å². The molecule has 1 aromatic carbocycles. The maximum absolute atomic E-state index is 12.8. The molecule has 0 aromatic heterocycles. The number of methoxy groups -OCH3 is 1. The Kier molecular flexibility index (Phi) is 10.2. The molecule has 0 aliphatic heterocycles. The van der Waals surface area contributed by atoms with E-state index in [4.69, 9.17) is 9.47 Å². The van der Waals surface area contributed by atoms with Crippen molar-refractivity contribution >= 4 is 23.8 Å². The summed E-state index contributed by atoms with van der Waals surface area (Å²) in [5.41, 5.74) is 0.163. The fourth-order valence-corrected chi connectivity index (χ4v) is 2.83. The van der Waals surface area contributed by atoms with E-state index in [0.717, 1.165) is 5.56 Å². The van der Waals surface area contributed by atoms with Crippen LogP contribution < -0.4 is 10.6 Å². The number of carbonyl (C=O) groups excluding carboxylic acids is 4. The topological polar surface area (TPSA) is 111 Å². The monoisotopic (exact) mass is 434 g/mol. The van der Waals surface area contributed by atoms with E-state index >= 15 is 0 Å². The zero-order valence-corrected chi connectivity index (χ0v) is 19.2. The molecule has 1 rings (SSSR count). The normalized spacial score (nSPS) is 13.1. The first kappa shape index (κ1) is 26.1. The number of hydrogen-bond acceptors (Lipinski definition) is 6. The van der Waals surface area contributed by atoms with Gasteiger partial charge in [-0.25, -0.2) is 9.59 Å². The predicted molar refractivity (Wildman–Crippen MR) is 116 cm³/mol. The quantitative estimate of drug-likeness (QED) is 0.548. The lowest BCUT2D eigenvalue weighted by atomic mass is 9.99. The predicted octanol–water partition coefficient (Wildman–Crippen LogP) is 2.79. The minimum atomic E-state index is -0.841. The van der Waals surface area contributed by atoms with Gasteiger partial charge in [-0.15, -0.1) is 0 Å². The van der Waals surface area contributed by atoms with Crippen LogP contribution in [0.3, 0.4) is 0 Å². The highest BCUT2D eigenvalue weighted by Gasteiger charge is 2.27. The Hall–Kier alpha value is -2.90. The van der Waals surface area contributed by atoms with E-state index in [-0.39, 0.29) is 31.0 Å². The van der Waals surface area contributed by atoms with Gasteiger partial charge >= 0.3 is 12.1 Å². The molecular formula is C23H34N2O6. The molecule has 2 amide bonds. The number of alkyl carbamates (subject to hydrolysis) is 1. The molecule has 0 aliphatic rings. The molecule has 8 nitrogen and oxygen atoms in total. The molecule has 0 spiro atoms. The highest BCUT2D eigenvalue weighted by Crippen LogP contribution is 2.11. The Morgan fingerprint density at radius 2 is 1.58 bits per heavy atom. The molecule has 2 atom stereocenters. The van der Waals surface area contributed by atoms with Gasteiger partial charge in [-0.05, 0) is 38.7 Å². The van der Waals surface area contributed by atoms with E-state index in [1.807, 2.05) is 30.3 Å². The van der Waals surface area contributed by atoms with E-state index in [0.29, 0.717) is 0 Å². The number of rotatable bonds is 10. The van der Waals surface area contributed by atoms with Gasteiger partial charge in [0.15, 0.2) is 5.78 Å². The Labute approximate surface area is 184 Å². The molecule has 0 aliphatic carbocycles. The van der Waals surface area contributed by atoms with Gasteiger partial charge < -0.3 is 20.1 Å². The van der Waals surface area contributed by atoms with E-state index in [1.54, 1.807) is 34.6 Å². The number of Topliss-reactive ketones (excluding diaryl/α,β-unsaturated/α-hetero) is 1. The number of amides is 2. The summed E-state index contributed by atoms with van der Waals surface area (Å²) in [7, 11) is 1.25. The third-order valence-corrected chi connectivity index (χ3v) is 4.40. The van der Waals surface area contributed by atoms with E-state index in [9.17, 15) is 19.2 Å². The fourth-order valence-electron chi connectivity index (χ4n) is 2.83. The summed E-state index contributed by atoms with van der Waals surface area (Å²) in [5, 5.41) is 5.22. The molecule has 8 heteroatoms. The molecule has 0 heterocycles. The van der Waals surface area contributed by atoms with Gasteiger partial charge in [-0.3, -0.25) is 9.59 Å². The van der Waals surface area contributed by atoms with Gasteiger partial charge in [0, 0.05) is 12.8 Å². The molecule has 0 bridgehead atoms. The lowest BCUT2D eigenvalue weighted by Crippen LogP contribution is -2.46. The number of ketones is 1. The molecule has 0 saturated heterocycles. The van der Waals surface area contributed by atoms with Crippen molar-refractivity contribution in [2.45, 2.75) is 71.6 Å². The van der Waals surface area contributed by atoms with Gasteiger partial charge in [0.25, 0.3) is 0 Å². The highest BCUT2D eigenvalue weighted by molar-refractivity contribution is 5.91. The second-order valence-corrected chi connectivity index (χ2v) is 8.67. The Bertz CT molecular complexity index is 755. The van der Waals surface area contributed by atoms with Crippen molar-refractivity contribution in [1.82, 2.24) is 10.6 Å². The van der Waals surface area contributed by atoms with Crippen LogP contribution >= 0.6 is 0 Å². The summed E-state index contributed by atoms with van der Waals surface area (Å²) in [6.45, 7) is 8.77. The maximum atomic E-state index is 12.8. The first-order chi connectivity index (χ1) is 14.4. The zero-order chi connectivity index (χ0) is 23.6. The van der Waals surface area contributed by atoms with Gasteiger partial charge in [0.05, 0.1) is 13.2 Å². The number of carbonyl (C=O) groups is 4. The van der Waals surface area contributed by atoms with Crippen LogP contribution in [-0.2, 0) is 30.3 Å². The third-order valence-electron chi connectivity index (χ3n) is 4.40. The summed E-state index contributed by atoms with van der Waals surface area (Å²) in [6, 6.07) is 7.63. The zero-order valence-electron chi connectivity index (χ0n) is 19.2. The van der Waals surface area contributed by atoms with E-state index in [1.165, 1.54) is 7.11 Å². The van der Waals surface area contributed by atoms with Crippen LogP contribution in [0.15, 0.2) is 30.3 Å². The average Bonchev–Trinajstić information content (AvgIpc) is 2.68. The number of nitrogens with one attached hydrogen (secondary N) is 2. The van der Waals surface area contributed by atoms with Crippen LogP contribution in [0.2, 0.25) is 0 Å². The second kappa shape index (κ2) is 12.1. The molecule has 2 N–H and O–H groups in total. The van der Waals surface area contributed by atoms with Crippen molar-refractivity contribution in [1.29, 1.82) is 0 Å². The highest BCUT2D eigenvalue weighted by atomic mass is 16.6. The van der Waals surface area contributed by atoms with E-state index in [2.05, 4.69) is 10.6 Å². The van der Waals surface area contributed by atoms with Gasteiger partial charge in [-0.2, -0.15) is 0 Å². The lowest BCUT2D eigenvalue weighted by molar-refractivity contribution is -0.146. The molecule has 0 saturated carbocycles. The molecule has 1 aromatic rings. The largest absolute Gasteiger partial charge is 0.467 e. The van der Waals surface area contributed by atoms with Crippen molar-refractivity contribution < 1.29 is 28.7 Å². The van der Waals surface area contributed by atoms with Crippen molar-refractivity contribution in [2.24, 2.45) is 5.92 Å². The van der Waals surface area contributed by atoms with Crippen LogP contribution in [0.1, 0.15) is 53.0 Å². The Balaban J connectivity index is 2.78.